The number of nitrogens with zero attached hydrogens (tertiary/aromatic N) is 2. The molecule has 0 saturated carbocycles. The van der Waals surface area contributed by atoms with Gasteiger partial charge in [0.15, 0.2) is 0 Å². The van der Waals surface area contributed by atoms with E-state index in [1.807, 2.05) is 32.3 Å². The molecule has 4 N–H and O–H groups in total. The fraction of sp³-hybridized carbons (Fsp3) is 0.231. The van der Waals surface area contributed by atoms with Gasteiger partial charge in [-0.2, -0.15) is 5.10 Å². The van der Waals surface area contributed by atoms with E-state index >= 15 is 0 Å². The minimum atomic E-state index is -0.178. The molecule has 100 valence electrons. The number of carbonyl (C=O) groups is 1. The Kier molecular flexibility index (Phi) is 3.82. The Bertz CT molecular complexity index is 590. The number of anilines is 1. The molecule has 0 bridgehead atoms. The number of carbonyl (C=O) groups excluding carboxylic acids is 1. The van der Waals surface area contributed by atoms with E-state index in [9.17, 15) is 4.79 Å². The van der Waals surface area contributed by atoms with Crippen LogP contribution in [0.15, 0.2) is 30.5 Å². The van der Waals surface area contributed by atoms with Gasteiger partial charge in [-0.05, 0) is 25.1 Å². The van der Waals surface area contributed by atoms with Gasteiger partial charge in [-0.1, -0.05) is 11.6 Å². The van der Waals surface area contributed by atoms with Gasteiger partial charge in [-0.3, -0.25) is 15.3 Å². The van der Waals surface area contributed by atoms with Crippen molar-refractivity contribution in [1.82, 2.24) is 15.1 Å². The number of hydrazine groups is 1. The van der Waals surface area contributed by atoms with Crippen molar-refractivity contribution in [2.24, 2.45) is 12.9 Å². The van der Waals surface area contributed by atoms with Crippen LogP contribution in [0.25, 0.3) is 0 Å². The highest BCUT2D eigenvalue weighted by molar-refractivity contribution is 5.99. The van der Waals surface area contributed by atoms with Crippen molar-refractivity contribution in [3.63, 3.8) is 0 Å². The van der Waals surface area contributed by atoms with Crippen molar-refractivity contribution in [2.45, 2.75) is 13.5 Å². The summed E-state index contributed by atoms with van der Waals surface area (Å²) in [6.07, 6.45) is 1.83. The van der Waals surface area contributed by atoms with E-state index in [0.717, 1.165) is 11.3 Å². The second-order valence-electron chi connectivity index (χ2n) is 4.36. The van der Waals surface area contributed by atoms with Crippen molar-refractivity contribution >= 4 is 11.6 Å². The van der Waals surface area contributed by atoms with Gasteiger partial charge in [0.2, 0.25) is 0 Å². The molecule has 1 aromatic carbocycles. The zero-order chi connectivity index (χ0) is 13.8. The molecule has 0 fully saturated rings. The largest absolute Gasteiger partial charge is 0.346 e. The van der Waals surface area contributed by atoms with Crippen LogP contribution in [0.5, 0.6) is 0 Å². The highest BCUT2D eigenvalue weighted by atomic mass is 16.1. The van der Waals surface area contributed by atoms with E-state index in [-0.39, 0.29) is 5.91 Å². The number of aromatic nitrogens is 2. The van der Waals surface area contributed by atoms with Crippen LogP contribution in [0.3, 0.4) is 0 Å². The average Bonchev–Trinajstić information content (AvgIpc) is 2.81. The first-order valence-corrected chi connectivity index (χ1v) is 5.94. The third-order valence-electron chi connectivity index (χ3n) is 2.77. The van der Waals surface area contributed by atoms with E-state index in [1.165, 1.54) is 0 Å². The van der Waals surface area contributed by atoms with Crippen molar-refractivity contribution in [1.29, 1.82) is 0 Å². The van der Waals surface area contributed by atoms with E-state index in [2.05, 4.69) is 15.8 Å². The number of hydrogen-bond donors (Lipinski definition) is 3. The summed E-state index contributed by atoms with van der Waals surface area (Å²) in [4.78, 5) is 12.1. The highest BCUT2D eigenvalue weighted by Crippen LogP contribution is 2.16. The van der Waals surface area contributed by atoms with E-state index in [1.54, 1.807) is 16.8 Å². The van der Waals surface area contributed by atoms with Crippen LogP contribution in [0.1, 0.15) is 21.6 Å². The normalized spacial score (nSPS) is 10.3. The van der Waals surface area contributed by atoms with Crippen LogP contribution in [0.4, 0.5) is 5.69 Å². The first-order valence-electron chi connectivity index (χ1n) is 5.94. The molecular formula is C13H17N5O. The molecule has 6 nitrogen and oxygen atoms in total. The Morgan fingerprint density at radius 1 is 1.42 bits per heavy atom. The molecule has 6 heteroatoms. The summed E-state index contributed by atoms with van der Waals surface area (Å²) >= 11 is 0. The lowest BCUT2D eigenvalue weighted by Gasteiger charge is -2.09. The van der Waals surface area contributed by atoms with Crippen LogP contribution in [0, 0.1) is 6.92 Å². The number of amides is 1. The Hall–Kier alpha value is -2.34. The molecule has 0 saturated heterocycles. The lowest BCUT2D eigenvalue weighted by atomic mass is 10.1. The number of nitrogens with one attached hydrogen (secondary N) is 2. The lowest BCUT2D eigenvalue weighted by molar-refractivity contribution is 0.0951. The van der Waals surface area contributed by atoms with Crippen molar-refractivity contribution in [3.8, 4) is 0 Å². The molecule has 0 unspecified atom stereocenters. The molecule has 0 spiro atoms. The average molecular weight is 259 g/mol. The number of aryl methyl sites for hydroxylation is 2. The van der Waals surface area contributed by atoms with Crippen LogP contribution < -0.4 is 16.6 Å². The third-order valence-corrected chi connectivity index (χ3v) is 2.77. The minimum absolute atomic E-state index is 0.178. The molecular weight excluding hydrogens is 242 g/mol. The molecule has 1 amide bonds. The Morgan fingerprint density at radius 3 is 2.84 bits per heavy atom. The van der Waals surface area contributed by atoms with Crippen LogP contribution in [-0.2, 0) is 13.6 Å². The monoisotopic (exact) mass is 259 g/mol. The van der Waals surface area contributed by atoms with Gasteiger partial charge >= 0.3 is 0 Å². The summed E-state index contributed by atoms with van der Waals surface area (Å²) < 4.78 is 1.70. The third kappa shape index (κ3) is 3.11. The van der Waals surface area contributed by atoms with Gasteiger partial charge in [-0.15, -0.1) is 0 Å². The molecule has 19 heavy (non-hydrogen) atoms. The van der Waals surface area contributed by atoms with E-state index < -0.39 is 0 Å². The Labute approximate surface area is 111 Å². The maximum Gasteiger partial charge on any atom is 0.253 e. The van der Waals surface area contributed by atoms with E-state index in [4.69, 9.17) is 5.84 Å². The molecule has 2 aromatic rings. The first kappa shape index (κ1) is 13.1. The van der Waals surface area contributed by atoms with E-state index in [0.29, 0.717) is 17.8 Å². The number of rotatable bonds is 4. The minimum Gasteiger partial charge on any atom is -0.346 e. The van der Waals surface area contributed by atoms with Crippen molar-refractivity contribution in [2.75, 3.05) is 5.43 Å². The second-order valence-corrected chi connectivity index (χ2v) is 4.36. The summed E-state index contributed by atoms with van der Waals surface area (Å²) in [5.74, 6) is 5.23. The van der Waals surface area contributed by atoms with Gasteiger partial charge in [0, 0.05) is 13.2 Å². The molecule has 2 rings (SSSR count). The van der Waals surface area contributed by atoms with Crippen LogP contribution >= 0.6 is 0 Å². The van der Waals surface area contributed by atoms with Gasteiger partial charge in [0.05, 0.1) is 23.5 Å². The lowest BCUT2D eigenvalue weighted by Crippen LogP contribution is -2.25. The smallest absolute Gasteiger partial charge is 0.253 e. The number of benzene rings is 1. The van der Waals surface area contributed by atoms with Crippen LogP contribution in [0.2, 0.25) is 0 Å². The molecule has 1 aromatic heterocycles. The Morgan fingerprint density at radius 2 is 2.21 bits per heavy atom. The molecule has 1 heterocycles. The van der Waals surface area contributed by atoms with Gasteiger partial charge in [-0.25, -0.2) is 0 Å². The molecule has 0 aliphatic rings. The number of nitrogens with two attached hydrogens (primary N) is 1. The zero-order valence-electron chi connectivity index (χ0n) is 11.0. The standard InChI is InChI=1S/C13H17N5O/c1-9-3-4-12(16-14)11(7-9)13(19)15-8-10-5-6-18(2)17-10/h3-7,16H,8,14H2,1-2H3,(H,15,19). The van der Waals surface area contributed by atoms with Crippen LogP contribution in [-0.4, -0.2) is 15.7 Å². The summed E-state index contributed by atoms with van der Waals surface area (Å²) in [5, 5.41) is 7.02. The summed E-state index contributed by atoms with van der Waals surface area (Å²) in [7, 11) is 1.84. The predicted molar refractivity (Wildman–Crippen MR) is 73.4 cm³/mol. The maximum absolute atomic E-state index is 12.1. The highest BCUT2D eigenvalue weighted by Gasteiger charge is 2.11. The van der Waals surface area contributed by atoms with Gasteiger partial charge in [0.1, 0.15) is 0 Å². The Balaban J connectivity index is 2.09. The summed E-state index contributed by atoms with van der Waals surface area (Å²) in [6, 6.07) is 7.33. The second kappa shape index (κ2) is 5.53. The maximum atomic E-state index is 12.1. The summed E-state index contributed by atoms with van der Waals surface area (Å²) in [5.41, 5.74) is 5.47. The van der Waals surface area contributed by atoms with Gasteiger partial charge in [0.25, 0.3) is 5.91 Å². The molecule has 0 aliphatic heterocycles. The van der Waals surface area contributed by atoms with Crippen molar-refractivity contribution < 1.29 is 4.79 Å². The molecule has 0 aliphatic carbocycles. The number of nitrogen functional groups attached to an aromatic ring is 1. The molecule has 0 atom stereocenters. The topological polar surface area (TPSA) is 85.0 Å². The van der Waals surface area contributed by atoms with Gasteiger partial charge < -0.3 is 10.7 Å². The first-order chi connectivity index (χ1) is 9.10. The zero-order valence-corrected chi connectivity index (χ0v) is 11.0. The SMILES string of the molecule is Cc1ccc(NN)c(C(=O)NCc2ccn(C)n2)c1. The van der Waals surface area contributed by atoms with Crippen molar-refractivity contribution in [3.05, 3.63) is 47.3 Å². The quantitative estimate of drug-likeness (QED) is 0.563. The number of hydrogen-bond acceptors (Lipinski definition) is 4. The molecule has 0 radical (unpaired) electrons. The predicted octanol–water partition coefficient (Wildman–Crippen LogP) is 0.944. The summed E-state index contributed by atoms with van der Waals surface area (Å²) in [6.45, 7) is 2.31. The fourth-order valence-corrected chi connectivity index (χ4v) is 1.80. The fourth-order valence-electron chi connectivity index (χ4n) is 1.80.